The number of nitrogens with zero attached hydrogens (tertiary/aromatic N) is 4. The van der Waals surface area contributed by atoms with E-state index in [1.807, 2.05) is 35.9 Å². The zero-order valence-electron chi connectivity index (χ0n) is 12.0. The van der Waals surface area contributed by atoms with Gasteiger partial charge in [0.1, 0.15) is 0 Å². The zero-order chi connectivity index (χ0) is 15.7. The number of nitrogens with one attached hydrogen (secondary N) is 1. The smallest absolute Gasteiger partial charge is 0.291 e. The van der Waals surface area contributed by atoms with E-state index in [1.54, 1.807) is 0 Å². The number of hydrogen-bond donors (Lipinski definition) is 1. The lowest BCUT2D eigenvalue weighted by Crippen LogP contribution is -2.27. The summed E-state index contributed by atoms with van der Waals surface area (Å²) in [5, 5.41) is 8.00. The summed E-state index contributed by atoms with van der Waals surface area (Å²) in [7, 11) is 3.37. The van der Waals surface area contributed by atoms with Crippen LogP contribution < -0.4 is 15.8 Å². The molecule has 0 atom stereocenters. The van der Waals surface area contributed by atoms with Gasteiger partial charge in [0, 0.05) is 20.2 Å². The number of para-hydroxylation sites is 1. The van der Waals surface area contributed by atoms with Crippen LogP contribution in [-0.2, 0) is 14.1 Å². The van der Waals surface area contributed by atoms with Gasteiger partial charge in [0.25, 0.3) is 11.5 Å². The molecule has 0 saturated heterocycles. The van der Waals surface area contributed by atoms with E-state index in [0.29, 0.717) is 4.80 Å². The lowest BCUT2D eigenvalue weighted by molar-refractivity contribution is 0.0945. The second-order valence-corrected chi connectivity index (χ2v) is 5.65. The molecule has 112 valence electrons. The first-order valence-electron chi connectivity index (χ1n) is 6.49. The number of aryl methyl sites for hydroxylation is 2. The summed E-state index contributed by atoms with van der Waals surface area (Å²) in [4.78, 5) is 23.9. The van der Waals surface area contributed by atoms with Crippen molar-refractivity contribution in [1.82, 2.24) is 19.8 Å². The standard InChI is InChI=1S/C14H13N5O2S/c1-18-10-5-3-4-6-11(10)22-14(18)16-15-13(21)9-7-8-12(20)19(2)17-9/h3-8H,1-2H3,(H,15,21)/b16-14-. The van der Waals surface area contributed by atoms with Crippen molar-refractivity contribution in [3.05, 3.63) is 57.2 Å². The maximum atomic E-state index is 12.0. The SMILES string of the molecule is Cn1nc(C(=O)N/N=c2\sc3ccccc3n2C)ccc1=O. The molecular weight excluding hydrogens is 302 g/mol. The number of carbonyl (C=O) groups is 1. The number of fused-ring (bicyclic) bond motifs is 1. The molecule has 7 nitrogen and oxygen atoms in total. The molecule has 22 heavy (non-hydrogen) atoms. The lowest BCUT2D eigenvalue weighted by atomic mass is 10.3. The molecule has 8 heteroatoms. The number of rotatable bonds is 2. The normalized spacial score (nSPS) is 11.8. The summed E-state index contributed by atoms with van der Waals surface area (Å²) in [6.07, 6.45) is 0. The average Bonchev–Trinajstić information content (AvgIpc) is 2.84. The van der Waals surface area contributed by atoms with Crippen LogP contribution in [0, 0.1) is 0 Å². The van der Waals surface area contributed by atoms with Crippen LogP contribution in [0.1, 0.15) is 10.5 Å². The lowest BCUT2D eigenvalue weighted by Gasteiger charge is -2.00. The molecular formula is C14H13N5O2S. The quantitative estimate of drug-likeness (QED) is 0.702. The Morgan fingerprint density at radius 3 is 2.73 bits per heavy atom. The molecule has 0 bridgehead atoms. The summed E-state index contributed by atoms with van der Waals surface area (Å²) in [5.41, 5.74) is 3.36. The van der Waals surface area contributed by atoms with E-state index in [0.717, 1.165) is 14.9 Å². The van der Waals surface area contributed by atoms with Crippen LogP contribution in [0.4, 0.5) is 0 Å². The number of thiazole rings is 1. The highest BCUT2D eigenvalue weighted by molar-refractivity contribution is 7.16. The van der Waals surface area contributed by atoms with E-state index < -0.39 is 5.91 Å². The van der Waals surface area contributed by atoms with E-state index in [9.17, 15) is 9.59 Å². The van der Waals surface area contributed by atoms with Crippen LogP contribution in [-0.4, -0.2) is 20.3 Å². The van der Waals surface area contributed by atoms with Crippen molar-refractivity contribution in [2.24, 2.45) is 19.2 Å². The van der Waals surface area contributed by atoms with Gasteiger partial charge in [-0.15, -0.1) is 5.10 Å². The topological polar surface area (TPSA) is 81.3 Å². The fourth-order valence-corrected chi connectivity index (χ4v) is 2.95. The van der Waals surface area contributed by atoms with Gasteiger partial charge in [-0.2, -0.15) is 5.10 Å². The Bertz CT molecular complexity index is 983. The van der Waals surface area contributed by atoms with Crippen LogP contribution in [0.3, 0.4) is 0 Å². The average molecular weight is 315 g/mol. The molecule has 0 aliphatic carbocycles. The van der Waals surface area contributed by atoms with Gasteiger partial charge in [0.15, 0.2) is 5.69 Å². The Labute approximate surface area is 129 Å². The fourth-order valence-electron chi connectivity index (χ4n) is 1.97. The van der Waals surface area contributed by atoms with Gasteiger partial charge in [-0.05, 0) is 18.2 Å². The van der Waals surface area contributed by atoms with Gasteiger partial charge in [-0.25, -0.2) is 10.1 Å². The van der Waals surface area contributed by atoms with E-state index >= 15 is 0 Å². The summed E-state index contributed by atoms with van der Waals surface area (Å²) in [6, 6.07) is 10.6. The summed E-state index contributed by atoms with van der Waals surface area (Å²) in [5.74, 6) is -0.465. The summed E-state index contributed by atoms with van der Waals surface area (Å²) >= 11 is 1.47. The van der Waals surface area contributed by atoms with Crippen molar-refractivity contribution in [1.29, 1.82) is 0 Å². The largest absolute Gasteiger partial charge is 0.318 e. The molecule has 0 aliphatic heterocycles. The molecule has 0 unspecified atom stereocenters. The van der Waals surface area contributed by atoms with Crippen LogP contribution in [0.2, 0.25) is 0 Å². The van der Waals surface area contributed by atoms with E-state index in [-0.39, 0.29) is 11.3 Å². The molecule has 0 fully saturated rings. The van der Waals surface area contributed by atoms with Crippen LogP contribution in [0.15, 0.2) is 46.3 Å². The molecule has 1 N–H and O–H groups in total. The van der Waals surface area contributed by atoms with Crippen molar-refractivity contribution >= 4 is 27.5 Å². The van der Waals surface area contributed by atoms with Crippen molar-refractivity contribution in [2.45, 2.75) is 0 Å². The van der Waals surface area contributed by atoms with Gasteiger partial charge in [-0.3, -0.25) is 9.59 Å². The van der Waals surface area contributed by atoms with Crippen LogP contribution >= 0.6 is 11.3 Å². The van der Waals surface area contributed by atoms with Crippen molar-refractivity contribution in [2.75, 3.05) is 0 Å². The van der Waals surface area contributed by atoms with Crippen molar-refractivity contribution in [3.63, 3.8) is 0 Å². The second-order valence-electron chi connectivity index (χ2n) is 4.64. The van der Waals surface area contributed by atoms with E-state index in [1.165, 1.54) is 30.5 Å². The highest BCUT2D eigenvalue weighted by Crippen LogP contribution is 2.14. The van der Waals surface area contributed by atoms with Crippen LogP contribution in [0.5, 0.6) is 0 Å². The molecule has 3 rings (SSSR count). The van der Waals surface area contributed by atoms with Gasteiger partial charge < -0.3 is 4.57 Å². The van der Waals surface area contributed by atoms with Gasteiger partial charge >= 0.3 is 0 Å². The molecule has 0 spiro atoms. The first-order valence-corrected chi connectivity index (χ1v) is 7.31. The zero-order valence-corrected chi connectivity index (χ0v) is 12.8. The molecule has 1 amide bonds. The van der Waals surface area contributed by atoms with Gasteiger partial charge in [-0.1, -0.05) is 23.5 Å². The number of benzene rings is 1. The predicted molar refractivity (Wildman–Crippen MR) is 83.3 cm³/mol. The third-order valence-corrected chi connectivity index (χ3v) is 4.27. The van der Waals surface area contributed by atoms with Crippen molar-refractivity contribution < 1.29 is 4.79 Å². The highest BCUT2D eigenvalue weighted by Gasteiger charge is 2.08. The fraction of sp³-hybridized carbons (Fsp3) is 0.143. The maximum Gasteiger partial charge on any atom is 0.291 e. The molecule has 0 radical (unpaired) electrons. The Kier molecular flexibility index (Phi) is 3.60. The second kappa shape index (κ2) is 5.57. The van der Waals surface area contributed by atoms with Crippen LogP contribution in [0.25, 0.3) is 10.2 Å². The van der Waals surface area contributed by atoms with Crippen molar-refractivity contribution in [3.8, 4) is 0 Å². The van der Waals surface area contributed by atoms with Gasteiger partial charge in [0.2, 0.25) is 4.80 Å². The Morgan fingerprint density at radius 2 is 2.00 bits per heavy atom. The summed E-state index contributed by atoms with van der Waals surface area (Å²) < 4.78 is 4.08. The number of amides is 1. The Hall–Kier alpha value is -2.74. The number of carbonyl (C=O) groups excluding carboxylic acids is 1. The third-order valence-electron chi connectivity index (χ3n) is 3.16. The first kappa shape index (κ1) is 14.2. The maximum absolute atomic E-state index is 12.0. The highest BCUT2D eigenvalue weighted by atomic mass is 32.1. The number of hydrogen-bond acceptors (Lipinski definition) is 5. The summed E-state index contributed by atoms with van der Waals surface area (Å²) in [6.45, 7) is 0. The number of aromatic nitrogens is 3. The first-order chi connectivity index (χ1) is 10.6. The third kappa shape index (κ3) is 2.56. The monoisotopic (exact) mass is 315 g/mol. The minimum atomic E-state index is -0.465. The van der Waals surface area contributed by atoms with Gasteiger partial charge in [0.05, 0.1) is 10.2 Å². The molecule has 2 heterocycles. The minimum Gasteiger partial charge on any atom is -0.318 e. The van der Waals surface area contributed by atoms with E-state index in [2.05, 4.69) is 15.6 Å². The predicted octanol–water partition coefficient (Wildman–Crippen LogP) is 0.579. The molecule has 1 aromatic carbocycles. The molecule has 3 aromatic rings. The minimum absolute atomic E-state index is 0.134. The van der Waals surface area contributed by atoms with E-state index in [4.69, 9.17) is 0 Å². The Morgan fingerprint density at radius 1 is 1.23 bits per heavy atom. The molecule has 2 aromatic heterocycles. The molecule has 0 aliphatic rings. The Balaban J connectivity index is 1.91. The molecule has 0 saturated carbocycles.